The van der Waals surface area contributed by atoms with Gasteiger partial charge in [-0.25, -0.2) is 0 Å². The number of aliphatic carboxylic acids is 1. The van der Waals surface area contributed by atoms with Gasteiger partial charge in [0.05, 0.1) is 18.9 Å². The number of H-pyrrole nitrogens is 1. The van der Waals surface area contributed by atoms with Gasteiger partial charge in [-0.3, -0.25) is 14.4 Å². The number of nitrogens with one attached hydrogen (secondary N) is 1. The highest BCUT2D eigenvalue weighted by atomic mass is 16.4. The standard InChI is InChI=1S/C20H25N3O4/c1-13-16(15-7-3-4-8-17(15)21-13)10-18(24)22(2)12-19(25)23-9-5-6-14(11-23)20(26)27/h3-4,7-8,14,21H,5-6,9-12H2,1-2H3,(H,26,27). The molecular weight excluding hydrogens is 346 g/mol. The number of aryl methyl sites for hydroxylation is 1. The number of carbonyl (C=O) groups is 3. The predicted octanol–water partition coefficient (Wildman–Crippen LogP) is 1.80. The molecule has 2 amide bonds. The van der Waals surface area contributed by atoms with Crippen molar-refractivity contribution in [3.8, 4) is 0 Å². The molecule has 0 radical (unpaired) electrons. The maximum absolute atomic E-state index is 12.6. The maximum atomic E-state index is 12.6. The van der Waals surface area contributed by atoms with E-state index in [0.29, 0.717) is 19.4 Å². The summed E-state index contributed by atoms with van der Waals surface area (Å²) in [6, 6.07) is 7.83. The third-order valence-electron chi connectivity index (χ3n) is 5.28. The second-order valence-electron chi connectivity index (χ2n) is 7.22. The number of fused-ring (bicyclic) bond motifs is 1. The molecule has 0 spiro atoms. The number of nitrogens with zero attached hydrogens (tertiary/aromatic N) is 2. The molecule has 27 heavy (non-hydrogen) atoms. The smallest absolute Gasteiger partial charge is 0.308 e. The number of hydrogen-bond donors (Lipinski definition) is 2. The van der Waals surface area contributed by atoms with Crippen LogP contribution in [-0.4, -0.2) is 64.4 Å². The van der Waals surface area contributed by atoms with Gasteiger partial charge >= 0.3 is 5.97 Å². The molecular formula is C20H25N3O4. The maximum Gasteiger partial charge on any atom is 0.308 e. The van der Waals surface area contributed by atoms with E-state index >= 15 is 0 Å². The number of amides is 2. The zero-order valence-electron chi connectivity index (χ0n) is 15.7. The minimum atomic E-state index is -0.869. The van der Waals surface area contributed by atoms with Gasteiger partial charge in [0, 0.05) is 36.7 Å². The molecule has 2 N–H and O–H groups in total. The molecule has 1 atom stereocenters. The molecule has 0 saturated carbocycles. The Hall–Kier alpha value is -2.83. The van der Waals surface area contributed by atoms with E-state index < -0.39 is 11.9 Å². The summed E-state index contributed by atoms with van der Waals surface area (Å²) in [6.45, 7) is 2.67. The SMILES string of the molecule is Cc1[nH]c2ccccc2c1CC(=O)N(C)CC(=O)N1CCCC(C(=O)O)C1. The van der Waals surface area contributed by atoms with Crippen LogP contribution in [0.1, 0.15) is 24.1 Å². The summed E-state index contributed by atoms with van der Waals surface area (Å²) >= 11 is 0. The van der Waals surface area contributed by atoms with Crippen LogP contribution in [0.5, 0.6) is 0 Å². The Kier molecular flexibility index (Phi) is 5.48. The first-order chi connectivity index (χ1) is 12.9. The number of rotatable bonds is 5. The van der Waals surface area contributed by atoms with Crippen LogP contribution in [-0.2, 0) is 20.8 Å². The van der Waals surface area contributed by atoms with Crippen molar-refractivity contribution >= 4 is 28.7 Å². The lowest BCUT2D eigenvalue weighted by atomic mass is 9.98. The quantitative estimate of drug-likeness (QED) is 0.838. The van der Waals surface area contributed by atoms with Crippen LogP contribution in [0.3, 0.4) is 0 Å². The number of hydrogen-bond acceptors (Lipinski definition) is 3. The van der Waals surface area contributed by atoms with Crippen LogP contribution in [0.25, 0.3) is 10.9 Å². The molecule has 3 rings (SSSR count). The van der Waals surface area contributed by atoms with Gasteiger partial charge in [-0.1, -0.05) is 18.2 Å². The van der Waals surface area contributed by atoms with Crippen molar-refractivity contribution in [2.75, 3.05) is 26.7 Å². The monoisotopic (exact) mass is 371 g/mol. The lowest BCUT2D eigenvalue weighted by Crippen LogP contribution is -2.47. The number of aromatic nitrogens is 1. The Morgan fingerprint density at radius 3 is 2.78 bits per heavy atom. The van der Waals surface area contributed by atoms with Crippen molar-refractivity contribution in [3.05, 3.63) is 35.5 Å². The Morgan fingerprint density at radius 1 is 1.30 bits per heavy atom. The summed E-state index contributed by atoms with van der Waals surface area (Å²) in [5, 5.41) is 10.2. The second-order valence-corrected chi connectivity index (χ2v) is 7.22. The van der Waals surface area contributed by atoms with Gasteiger partial charge in [0.25, 0.3) is 0 Å². The van der Waals surface area contributed by atoms with E-state index in [4.69, 9.17) is 5.11 Å². The zero-order valence-corrected chi connectivity index (χ0v) is 15.7. The first-order valence-corrected chi connectivity index (χ1v) is 9.17. The lowest BCUT2D eigenvalue weighted by Gasteiger charge is -2.32. The molecule has 1 aromatic carbocycles. The minimum absolute atomic E-state index is 0.0351. The summed E-state index contributed by atoms with van der Waals surface area (Å²) in [4.78, 5) is 42.6. The fourth-order valence-corrected chi connectivity index (χ4v) is 3.65. The van der Waals surface area contributed by atoms with Crippen molar-refractivity contribution in [3.63, 3.8) is 0 Å². The number of carbonyl (C=O) groups excluding carboxylic acids is 2. The fraction of sp³-hybridized carbons (Fsp3) is 0.450. The first-order valence-electron chi connectivity index (χ1n) is 9.17. The first kappa shape index (κ1) is 18.9. The average molecular weight is 371 g/mol. The Bertz CT molecular complexity index is 873. The van der Waals surface area contributed by atoms with E-state index in [-0.39, 0.29) is 31.3 Å². The van der Waals surface area contributed by atoms with Crippen LogP contribution in [0.4, 0.5) is 0 Å². The number of carboxylic acid groups (broad SMARTS) is 1. The van der Waals surface area contributed by atoms with Gasteiger partial charge in [0.1, 0.15) is 0 Å². The highest BCUT2D eigenvalue weighted by Crippen LogP contribution is 2.23. The number of likely N-dealkylation sites (tertiary alicyclic amines) is 1. The van der Waals surface area contributed by atoms with Crippen LogP contribution in [0.15, 0.2) is 24.3 Å². The van der Waals surface area contributed by atoms with Gasteiger partial charge in [0.15, 0.2) is 0 Å². The second kappa shape index (κ2) is 7.82. The average Bonchev–Trinajstić information content (AvgIpc) is 2.97. The number of piperidine rings is 1. The van der Waals surface area contributed by atoms with Crippen molar-refractivity contribution < 1.29 is 19.5 Å². The summed E-state index contributed by atoms with van der Waals surface area (Å²) in [5.74, 6) is -1.72. The van der Waals surface area contributed by atoms with Crippen LogP contribution in [0, 0.1) is 12.8 Å². The molecule has 1 aliphatic rings. The third-order valence-corrected chi connectivity index (χ3v) is 5.28. The highest BCUT2D eigenvalue weighted by Gasteiger charge is 2.29. The Morgan fingerprint density at radius 2 is 2.04 bits per heavy atom. The fourth-order valence-electron chi connectivity index (χ4n) is 3.65. The van der Waals surface area contributed by atoms with Crippen molar-refractivity contribution in [2.45, 2.75) is 26.2 Å². The van der Waals surface area contributed by atoms with E-state index in [1.807, 2.05) is 31.2 Å². The molecule has 7 nitrogen and oxygen atoms in total. The molecule has 0 bridgehead atoms. The summed E-state index contributed by atoms with van der Waals surface area (Å²) in [5.41, 5.74) is 2.88. The van der Waals surface area contributed by atoms with Crippen molar-refractivity contribution in [1.82, 2.24) is 14.8 Å². The Balaban J connectivity index is 1.62. The molecule has 1 fully saturated rings. The van der Waals surface area contributed by atoms with Crippen LogP contribution in [0.2, 0.25) is 0 Å². The van der Waals surface area contributed by atoms with Gasteiger partial charge in [0.2, 0.25) is 11.8 Å². The third kappa shape index (κ3) is 4.13. The van der Waals surface area contributed by atoms with E-state index in [0.717, 1.165) is 22.2 Å². The predicted molar refractivity (Wildman–Crippen MR) is 101 cm³/mol. The van der Waals surface area contributed by atoms with Gasteiger partial charge < -0.3 is 19.9 Å². The normalized spacial score (nSPS) is 17.1. The Labute approximate surface area is 157 Å². The molecule has 1 aliphatic heterocycles. The number of benzene rings is 1. The number of likely N-dealkylation sites (N-methyl/N-ethyl adjacent to an activating group) is 1. The summed E-state index contributed by atoms with van der Waals surface area (Å²) < 4.78 is 0. The molecule has 1 saturated heterocycles. The highest BCUT2D eigenvalue weighted by molar-refractivity contribution is 5.91. The van der Waals surface area contributed by atoms with Crippen LogP contribution >= 0.6 is 0 Å². The molecule has 2 aromatic rings. The van der Waals surface area contributed by atoms with E-state index in [9.17, 15) is 14.4 Å². The van der Waals surface area contributed by atoms with E-state index in [1.54, 1.807) is 11.9 Å². The molecule has 1 aromatic heterocycles. The molecule has 1 unspecified atom stereocenters. The lowest BCUT2D eigenvalue weighted by molar-refractivity contribution is -0.147. The molecule has 144 valence electrons. The number of carboxylic acids is 1. The minimum Gasteiger partial charge on any atom is -0.481 e. The van der Waals surface area contributed by atoms with Gasteiger partial charge in [-0.2, -0.15) is 0 Å². The number of para-hydroxylation sites is 1. The van der Waals surface area contributed by atoms with E-state index in [1.165, 1.54) is 4.90 Å². The summed E-state index contributed by atoms with van der Waals surface area (Å²) in [6.07, 6.45) is 1.49. The zero-order chi connectivity index (χ0) is 19.6. The van der Waals surface area contributed by atoms with Crippen molar-refractivity contribution in [1.29, 1.82) is 0 Å². The largest absolute Gasteiger partial charge is 0.481 e. The molecule has 0 aliphatic carbocycles. The summed E-state index contributed by atoms with van der Waals surface area (Å²) in [7, 11) is 1.61. The van der Waals surface area contributed by atoms with Crippen LogP contribution < -0.4 is 0 Å². The molecule has 7 heteroatoms. The van der Waals surface area contributed by atoms with Gasteiger partial charge in [-0.15, -0.1) is 0 Å². The topological polar surface area (TPSA) is 93.7 Å². The molecule has 2 heterocycles. The van der Waals surface area contributed by atoms with Gasteiger partial charge in [-0.05, 0) is 31.4 Å². The number of aromatic amines is 1. The van der Waals surface area contributed by atoms with E-state index in [2.05, 4.69) is 4.98 Å². The van der Waals surface area contributed by atoms with Crippen molar-refractivity contribution in [2.24, 2.45) is 5.92 Å².